The van der Waals surface area contributed by atoms with Gasteiger partial charge in [-0.1, -0.05) is 0 Å². The molecule has 0 aliphatic carbocycles. The lowest BCUT2D eigenvalue weighted by atomic mass is 10.0. The van der Waals surface area contributed by atoms with Crippen molar-refractivity contribution < 1.29 is 9.15 Å². The number of aryl methyl sites for hydroxylation is 3. The Morgan fingerprint density at radius 2 is 1.95 bits per heavy atom. The van der Waals surface area contributed by atoms with Gasteiger partial charge in [0.15, 0.2) is 5.76 Å². The van der Waals surface area contributed by atoms with Gasteiger partial charge in [0.25, 0.3) is 0 Å². The van der Waals surface area contributed by atoms with Gasteiger partial charge in [-0.2, -0.15) is 0 Å². The first-order valence-corrected chi connectivity index (χ1v) is 6.47. The Hall–Kier alpha value is -1.81. The maximum Gasteiger partial charge on any atom is 0.208 e. The van der Waals surface area contributed by atoms with Crippen LogP contribution in [0.4, 0.5) is 0 Å². The third kappa shape index (κ3) is 2.63. The highest BCUT2D eigenvalue weighted by Crippen LogP contribution is 2.32. The van der Waals surface area contributed by atoms with Crippen molar-refractivity contribution >= 4 is 0 Å². The third-order valence-corrected chi connectivity index (χ3v) is 3.08. The van der Waals surface area contributed by atoms with E-state index in [1.54, 1.807) is 0 Å². The van der Waals surface area contributed by atoms with Crippen LogP contribution in [0.3, 0.4) is 0 Å². The molecule has 2 aromatic rings. The molecule has 4 nitrogen and oxygen atoms in total. The zero-order valence-corrected chi connectivity index (χ0v) is 11.9. The summed E-state index contributed by atoms with van der Waals surface area (Å²) in [4.78, 5) is 4.31. The number of oxazole rings is 1. The van der Waals surface area contributed by atoms with Gasteiger partial charge in [-0.25, -0.2) is 4.98 Å². The Morgan fingerprint density at radius 3 is 2.53 bits per heavy atom. The molecule has 0 amide bonds. The average Bonchev–Trinajstić information content (AvgIpc) is 2.75. The molecule has 0 bridgehead atoms. The fraction of sp³-hybridized carbons (Fsp3) is 0.400. The molecule has 1 aromatic heterocycles. The Kier molecular flexibility index (Phi) is 3.90. The first-order valence-electron chi connectivity index (χ1n) is 6.47. The van der Waals surface area contributed by atoms with Crippen molar-refractivity contribution in [3.05, 3.63) is 34.8 Å². The molecule has 0 saturated carbocycles. The molecule has 0 spiro atoms. The van der Waals surface area contributed by atoms with Crippen molar-refractivity contribution in [2.24, 2.45) is 5.73 Å². The lowest BCUT2D eigenvalue weighted by molar-refractivity contribution is 0.337. The number of ether oxygens (including phenoxy) is 1. The molecule has 1 aromatic carbocycles. The minimum Gasteiger partial charge on any atom is -0.494 e. The molecule has 0 atom stereocenters. The van der Waals surface area contributed by atoms with Crippen LogP contribution in [0.1, 0.15) is 29.6 Å². The Bertz CT molecular complexity index is 588. The molecule has 4 heteroatoms. The van der Waals surface area contributed by atoms with Crippen molar-refractivity contribution in [1.29, 1.82) is 0 Å². The molecule has 19 heavy (non-hydrogen) atoms. The molecular weight excluding hydrogens is 240 g/mol. The van der Waals surface area contributed by atoms with E-state index in [-0.39, 0.29) is 0 Å². The van der Waals surface area contributed by atoms with Gasteiger partial charge >= 0.3 is 0 Å². The van der Waals surface area contributed by atoms with Crippen LogP contribution in [-0.2, 0) is 6.54 Å². The van der Waals surface area contributed by atoms with Crippen molar-refractivity contribution in [2.75, 3.05) is 6.61 Å². The largest absolute Gasteiger partial charge is 0.494 e. The van der Waals surface area contributed by atoms with Gasteiger partial charge in [-0.3, -0.25) is 0 Å². The van der Waals surface area contributed by atoms with Gasteiger partial charge < -0.3 is 14.9 Å². The fourth-order valence-corrected chi connectivity index (χ4v) is 2.13. The summed E-state index contributed by atoms with van der Waals surface area (Å²) >= 11 is 0. The summed E-state index contributed by atoms with van der Waals surface area (Å²) in [6, 6.07) is 4.12. The molecule has 0 fully saturated rings. The zero-order valence-electron chi connectivity index (χ0n) is 11.9. The summed E-state index contributed by atoms with van der Waals surface area (Å²) < 4.78 is 11.3. The number of hydrogen-bond acceptors (Lipinski definition) is 4. The molecule has 0 radical (unpaired) electrons. The Labute approximate surface area is 113 Å². The molecule has 102 valence electrons. The lowest BCUT2D eigenvalue weighted by Gasteiger charge is -2.11. The van der Waals surface area contributed by atoms with Gasteiger partial charge in [-0.05, 0) is 51.0 Å². The quantitative estimate of drug-likeness (QED) is 0.917. The minimum atomic E-state index is 0.315. The van der Waals surface area contributed by atoms with Crippen LogP contribution >= 0.6 is 0 Å². The molecular formula is C15H20N2O2. The van der Waals surface area contributed by atoms with Crippen molar-refractivity contribution in [3.63, 3.8) is 0 Å². The standard InChI is InChI=1S/C15H20N2O2/c1-5-18-13-7-9(2)12(6-10(13)3)15-11(4)17-14(8-16)19-15/h6-7H,5,8,16H2,1-4H3. The Balaban J connectivity index is 2.50. The van der Waals surface area contributed by atoms with Gasteiger partial charge in [0.2, 0.25) is 5.89 Å². The van der Waals surface area contributed by atoms with Crippen molar-refractivity contribution in [3.8, 4) is 17.1 Å². The van der Waals surface area contributed by atoms with E-state index in [1.165, 1.54) is 0 Å². The van der Waals surface area contributed by atoms with Crippen LogP contribution in [0.25, 0.3) is 11.3 Å². The van der Waals surface area contributed by atoms with E-state index in [0.717, 1.165) is 33.9 Å². The van der Waals surface area contributed by atoms with Crippen LogP contribution in [0.5, 0.6) is 5.75 Å². The number of nitrogens with two attached hydrogens (primary N) is 1. The van der Waals surface area contributed by atoms with E-state index >= 15 is 0 Å². The molecule has 0 saturated heterocycles. The van der Waals surface area contributed by atoms with Gasteiger partial charge in [0.05, 0.1) is 18.8 Å². The smallest absolute Gasteiger partial charge is 0.208 e. The predicted octanol–water partition coefficient (Wildman–Crippen LogP) is 3.12. The average molecular weight is 260 g/mol. The van der Waals surface area contributed by atoms with E-state index in [0.29, 0.717) is 19.0 Å². The third-order valence-electron chi connectivity index (χ3n) is 3.08. The molecule has 1 heterocycles. The molecule has 0 unspecified atom stereocenters. The summed E-state index contributed by atoms with van der Waals surface area (Å²) in [5.41, 5.74) is 9.68. The maximum absolute atomic E-state index is 5.71. The number of hydrogen-bond donors (Lipinski definition) is 1. The number of rotatable bonds is 4. The highest BCUT2D eigenvalue weighted by atomic mass is 16.5. The van der Waals surface area contributed by atoms with E-state index in [9.17, 15) is 0 Å². The topological polar surface area (TPSA) is 61.3 Å². The van der Waals surface area contributed by atoms with Gasteiger partial charge in [-0.15, -0.1) is 0 Å². The summed E-state index contributed by atoms with van der Waals surface area (Å²) in [5, 5.41) is 0. The normalized spacial score (nSPS) is 10.8. The zero-order chi connectivity index (χ0) is 14.0. The molecule has 2 N–H and O–H groups in total. The highest BCUT2D eigenvalue weighted by Gasteiger charge is 2.15. The minimum absolute atomic E-state index is 0.315. The van der Waals surface area contributed by atoms with Crippen molar-refractivity contribution in [1.82, 2.24) is 4.98 Å². The van der Waals surface area contributed by atoms with E-state index < -0.39 is 0 Å². The summed E-state index contributed by atoms with van der Waals surface area (Å²) in [7, 11) is 0. The van der Waals surface area contributed by atoms with E-state index in [4.69, 9.17) is 14.9 Å². The highest BCUT2D eigenvalue weighted by molar-refractivity contribution is 5.66. The van der Waals surface area contributed by atoms with Crippen LogP contribution in [0.15, 0.2) is 16.5 Å². The first kappa shape index (κ1) is 13.6. The summed E-state index contributed by atoms with van der Waals surface area (Å²) in [5.74, 6) is 2.28. The van der Waals surface area contributed by atoms with Crippen LogP contribution in [0.2, 0.25) is 0 Å². The van der Waals surface area contributed by atoms with E-state index in [2.05, 4.69) is 11.1 Å². The second kappa shape index (κ2) is 5.45. The Morgan fingerprint density at radius 1 is 1.21 bits per heavy atom. The predicted molar refractivity (Wildman–Crippen MR) is 75.2 cm³/mol. The van der Waals surface area contributed by atoms with Gasteiger partial charge in [0, 0.05) is 5.56 Å². The molecule has 0 aliphatic rings. The molecule has 0 aliphatic heterocycles. The van der Waals surface area contributed by atoms with Crippen molar-refractivity contribution in [2.45, 2.75) is 34.2 Å². The monoisotopic (exact) mass is 260 g/mol. The summed E-state index contributed by atoms with van der Waals surface area (Å²) in [6.07, 6.45) is 0. The molecule has 2 rings (SSSR count). The number of nitrogens with zero attached hydrogens (tertiary/aromatic N) is 1. The number of aromatic nitrogens is 1. The maximum atomic E-state index is 5.71. The van der Waals surface area contributed by atoms with Crippen LogP contribution < -0.4 is 10.5 Å². The van der Waals surface area contributed by atoms with Crippen LogP contribution in [0, 0.1) is 20.8 Å². The summed E-state index contributed by atoms with van der Waals surface area (Å²) in [6.45, 7) is 8.97. The first-order chi connectivity index (χ1) is 9.06. The van der Waals surface area contributed by atoms with Crippen LogP contribution in [-0.4, -0.2) is 11.6 Å². The fourth-order valence-electron chi connectivity index (χ4n) is 2.13. The SMILES string of the molecule is CCOc1cc(C)c(-c2oc(CN)nc2C)cc1C. The second-order valence-corrected chi connectivity index (χ2v) is 4.59. The van der Waals surface area contributed by atoms with Gasteiger partial charge in [0.1, 0.15) is 5.75 Å². The number of benzene rings is 1. The lowest BCUT2D eigenvalue weighted by Crippen LogP contribution is -1.96. The van der Waals surface area contributed by atoms with E-state index in [1.807, 2.05) is 33.8 Å². The second-order valence-electron chi connectivity index (χ2n) is 4.59.